The van der Waals surface area contributed by atoms with Crippen LogP contribution in [0.1, 0.15) is 433 Å². The van der Waals surface area contributed by atoms with E-state index in [0.717, 1.165) is 108 Å². The number of hydrogen-bond acceptors (Lipinski definition) is 15. The Morgan fingerprint density at radius 3 is 0.673 bits per heavy atom. The number of unbranched alkanes of at least 4 members (excludes halogenated alkanes) is 51. The van der Waals surface area contributed by atoms with Gasteiger partial charge in [0.05, 0.1) is 26.4 Å². The summed E-state index contributed by atoms with van der Waals surface area (Å²) in [5, 5.41) is 10.6. The van der Waals surface area contributed by atoms with Gasteiger partial charge in [-0.2, -0.15) is 0 Å². The third-order valence-corrected chi connectivity index (χ3v) is 21.1. The van der Waals surface area contributed by atoms with E-state index >= 15 is 0 Å². The molecule has 0 aromatic rings. The quantitative estimate of drug-likeness (QED) is 0.0222. The van der Waals surface area contributed by atoms with Crippen molar-refractivity contribution in [2.75, 3.05) is 39.6 Å². The van der Waals surface area contributed by atoms with Crippen molar-refractivity contribution < 1.29 is 80.2 Å². The number of aliphatic hydroxyl groups is 1. The first kappa shape index (κ1) is 99.1. The van der Waals surface area contributed by atoms with E-state index in [1.165, 1.54) is 244 Å². The Labute approximate surface area is 619 Å². The first-order valence-electron chi connectivity index (χ1n) is 42.5. The third kappa shape index (κ3) is 76.1. The maximum Gasteiger partial charge on any atom is 0.472 e. The molecule has 0 rings (SSSR count). The smallest absolute Gasteiger partial charge is 0.462 e. The van der Waals surface area contributed by atoms with E-state index in [9.17, 15) is 43.2 Å². The van der Waals surface area contributed by atoms with E-state index in [-0.39, 0.29) is 25.7 Å². The van der Waals surface area contributed by atoms with Gasteiger partial charge >= 0.3 is 39.5 Å². The lowest BCUT2D eigenvalue weighted by Crippen LogP contribution is -2.30. The second-order valence-corrected chi connectivity index (χ2v) is 33.4. The molecule has 0 heterocycles. The van der Waals surface area contributed by atoms with Crippen molar-refractivity contribution in [2.24, 2.45) is 11.8 Å². The van der Waals surface area contributed by atoms with Crippen molar-refractivity contribution in [1.82, 2.24) is 0 Å². The van der Waals surface area contributed by atoms with Crippen molar-refractivity contribution in [3.63, 3.8) is 0 Å². The van der Waals surface area contributed by atoms with Gasteiger partial charge < -0.3 is 33.8 Å². The minimum absolute atomic E-state index is 0.107. The lowest BCUT2D eigenvalue weighted by molar-refractivity contribution is -0.161. The molecule has 0 aliphatic carbocycles. The van der Waals surface area contributed by atoms with Gasteiger partial charge in [-0.3, -0.25) is 37.3 Å². The molecule has 3 N–H and O–H groups in total. The van der Waals surface area contributed by atoms with E-state index in [4.69, 9.17) is 37.0 Å². The van der Waals surface area contributed by atoms with Crippen LogP contribution in [0.3, 0.4) is 0 Å². The van der Waals surface area contributed by atoms with Crippen LogP contribution in [-0.4, -0.2) is 96.7 Å². The number of aliphatic hydroxyl groups excluding tert-OH is 1. The lowest BCUT2D eigenvalue weighted by Gasteiger charge is -2.21. The fourth-order valence-electron chi connectivity index (χ4n) is 12.7. The first-order valence-corrected chi connectivity index (χ1v) is 45.5. The average Bonchev–Trinajstić information content (AvgIpc) is 0.953. The minimum atomic E-state index is -4.96. The maximum absolute atomic E-state index is 13.1. The molecule has 0 saturated carbocycles. The summed E-state index contributed by atoms with van der Waals surface area (Å²) in [4.78, 5) is 73.0. The molecule has 0 amide bonds. The van der Waals surface area contributed by atoms with Gasteiger partial charge in [-0.15, -0.1) is 0 Å². The van der Waals surface area contributed by atoms with Crippen LogP contribution in [0.5, 0.6) is 0 Å². The highest BCUT2D eigenvalue weighted by Gasteiger charge is 2.30. The highest BCUT2D eigenvalue weighted by molar-refractivity contribution is 7.47. The van der Waals surface area contributed by atoms with E-state index in [1.807, 2.05) is 0 Å². The molecule has 0 fully saturated rings. The molecule has 17 nitrogen and oxygen atoms in total. The number of carbonyl (C=O) groups excluding carboxylic acids is 4. The maximum atomic E-state index is 13.1. The fourth-order valence-corrected chi connectivity index (χ4v) is 14.3. The number of phosphoric acid groups is 2. The Morgan fingerprint density at radius 2 is 0.455 bits per heavy atom. The van der Waals surface area contributed by atoms with Gasteiger partial charge in [0.2, 0.25) is 0 Å². The third-order valence-electron chi connectivity index (χ3n) is 19.2. The minimum Gasteiger partial charge on any atom is -0.462 e. The van der Waals surface area contributed by atoms with Gasteiger partial charge in [0.1, 0.15) is 19.3 Å². The Hall–Kier alpha value is -1.94. The van der Waals surface area contributed by atoms with Crippen LogP contribution in [-0.2, 0) is 65.4 Å². The number of esters is 4. The summed E-state index contributed by atoms with van der Waals surface area (Å²) in [7, 11) is -9.92. The second-order valence-electron chi connectivity index (χ2n) is 30.5. The number of carbonyl (C=O) groups is 4. The Morgan fingerprint density at radius 1 is 0.267 bits per heavy atom. The molecule has 0 aliphatic heterocycles. The first-order chi connectivity index (χ1) is 48.9. The van der Waals surface area contributed by atoms with Crippen molar-refractivity contribution in [2.45, 2.75) is 452 Å². The molecular formula is C82H160O17P2. The lowest BCUT2D eigenvalue weighted by atomic mass is 10.0. The van der Waals surface area contributed by atoms with Crippen molar-refractivity contribution >= 4 is 39.5 Å². The molecule has 5 atom stereocenters. The summed E-state index contributed by atoms with van der Waals surface area (Å²) in [5.74, 6) is -0.527. The van der Waals surface area contributed by atoms with Crippen molar-refractivity contribution in [3.05, 3.63) is 0 Å². The highest BCUT2D eigenvalue weighted by Crippen LogP contribution is 2.45. The zero-order chi connectivity index (χ0) is 74.2. The zero-order valence-electron chi connectivity index (χ0n) is 66.2. The summed E-state index contributed by atoms with van der Waals surface area (Å²) in [6.45, 7) is 9.65. The molecule has 0 saturated heterocycles. The zero-order valence-corrected chi connectivity index (χ0v) is 68.0. The predicted molar refractivity (Wildman–Crippen MR) is 414 cm³/mol. The fraction of sp³-hybridized carbons (Fsp3) is 0.951. The Bertz CT molecular complexity index is 1940. The molecule has 0 aromatic carbocycles. The van der Waals surface area contributed by atoms with Gasteiger partial charge in [-0.25, -0.2) is 9.13 Å². The summed E-state index contributed by atoms with van der Waals surface area (Å²) in [6, 6.07) is 0. The van der Waals surface area contributed by atoms with Gasteiger partial charge in [0.25, 0.3) is 0 Å². The van der Waals surface area contributed by atoms with E-state index < -0.39 is 97.5 Å². The van der Waals surface area contributed by atoms with Gasteiger partial charge in [0, 0.05) is 25.7 Å². The molecule has 600 valence electrons. The normalized spacial score (nSPS) is 13.9. The number of rotatable bonds is 81. The van der Waals surface area contributed by atoms with E-state index in [1.54, 1.807) is 0 Å². The van der Waals surface area contributed by atoms with Crippen LogP contribution in [0.15, 0.2) is 0 Å². The van der Waals surface area contributed by atoms with Gasteiger partial charge in [0.15, 0.2) is 12.2 Å². The molecule has 0 radical (unpaired) electrons. The average molecular weight is 1480 g/mol. The number of phosphoric ester groups is 2. The monoisotopic (exact) mass is 1480 g/mol. The summed E-state index contributed by atoms with van der Waals surface area (Å²) in [6.07, 6.45) is 63.9. The van der Waals surface area contributed by atoms with E-state index in [0.29, 0.717) is 25.7 Å². The molecule has 0 bridgehead atoms. The van der Waals surface area contributed by atoms with Crippen LogP contribution in [0.25, 0.3) is 0 Å². The largest absolute Gasteiger partial charge is 0.472 e. The summed E-state index contributed by atoms with van der Waals surface area (Å²) in [5.41, 5.74) is 0. The Kier molecular flexibility index (Phi) is 72.2. The number of ether oxygens (including phenoxy) is 4. The van der Waals surface area contributed by atoms with Crippen molar-refractivity contribution in [3.8, 4) is 0 Å². The SMILES string of the molecule is CCCCCCCCCCCCCCCCCCCCCCC(=O)O[C@H](COC(=O)CCCCCCCCCCCCCCCCCC(C)C)COP(=O)(O)OC[C@@H](O)COP(=O)(O)OC[C@@H](COC(=O)CCCCCCCCCC)OC(=O)CCCCCCCCCCCCCCC(C)C. The van der Waals surface area contributed by atoms with Crippen LogP contribution in [0.2, 0.25) is 0 Å². The second kappa shape index (κ2) is 73.6. The Balaban J connectivity index is 5.20. The predicted octanol–water partition coefficient (Wildman–Crippen LogP) is 24.7. The van der Waals surface area contributed by atoms with Crippen LogP contribution < -0.4 is 0 Å². The molecular weight excluding hydrogens is 1320 g/mol. The van der Waals surface area contributed by atoms with E-state index in [2.05, 4.69) is 41.5 Å². The number of hydrogen-bond donors (Lipinski definition) is 3. The van der Waals surface area contributed by atoms with Gasteiger partial charge in [-0.1, -0.05) is 382 Å². The molecule has 0 aliphatic rings. The topological polar surface area (TPSA) is 237 Å². The van der Waals surface area contributed by atoms with Crippen LogP contribution >= 0.6 is 15.6 Å². The van der Waals surface area contributed by atoms with Crippen LogP contribution in [0, 0.1) is 11.8 Å². The molecule has 2 unspecified atom stereocenters. The standard InChI is InChI=1S/C82H160O17P2/c1-7-9-11-13-15-17-18-19-20-21-22-23-24-27-31-37-42-48-54-60-66-81(86)99-78(71-93-80(85)65-59-53-47-41-36-30-28-25-26-29-34-39-44-50-56-62-74(3)4)73-97-101(90,91)95-69-76(83)68-94-100(88,89)96-72-77(70-92-79(84)64-58-52-46-16-14-12-10-8-2)98-82(87)67-61-55-49-43-38-33-32-35-40-45-51-57-63-75(5)6/h74-78,83H,7-73H2,1-6H3,(H,88,89)(H,90,91)/t76-,77+,78+/m0/s1. The molecule has 0 spiro atoms. The van der Waals surface area contributed by atoms with Crippen LogP contribution in [0.4, 0.5) is 0 Å². The summed E-state index contributed by atoms with van der Waals surface area (Å²) >= 11 is 0. The van der Waals surface area contributed by atoms with Gasteiger partial charge in [-0.05, 0) is 37.5 Å². The molecule has 19 heteroatoms. The highest BCUT2D eigenvalue weighted by atomic mass is 31.2. The van der Waals surface area contributed by atoms with Crippen molar-refractivity contribution in [1.29, 1.82) is 0 Å². The molecule has 0 aromatic heterocycles. The molecule has 101 heavy (non-hydrogen) atoms. The summed E-state index contributed by atoms with van der Waals surface area (Å²) < 4.78 is 68.7.